The van der Waals surface area contributed by atoms with Gasteiger partial charge in [0.2, 0.25) is 0 Å². The number of hydrogen-bond acceptors (Lipinski definition) is 8. The quantitative estimate of drug-likeness (QED) is 0.576. The Balaban J connectivity index is 1.77. The van der Waals surface area contributed by atoms with E-state index in [2.05, 4.69) is 4.98 Å². The van der Waals surface area contributed by atoms with E-state index in [1.165, 1.54) is 36.6 Å². The van der Waals surface area contributed by atoms with Crippen molar-refractivity contribution in [3.63, 3.8) is 0 Å². The predicted molar refractivity (Wildman–Crippen MR) is 125 cm³/mol. The number of aromatic nitrogens is 1. The topological polar surface area (TPSA) is 133 Å². The first-order valence-electron chi connectivity index (χ1n) is 10.0. The van der Waals surface area contributed by atoms with Gasteiger partial charge >= 0.3 is 12.1 Å². The summed E-state index contributed by atoms with van der Waals surface area (Å²) in [6, 6.07) is 4.00. The zero-order chi connectivity index (χ0) is 24.3. The summed E-state index contributed by atoms with van der Waals surface area (Å²) < 4.78 is 33.8. The third-order valence-corrected chi connectivity index (χ3v) is 6.28. The predicted octanol–water partition coefficient (Wildman–Crippen LogP) is 3.18. The molecule has 3 rings (SSSR count). The number of benzene rings is 1. The molecule has 2 heterocycles. The van der Waals surface area contributed by atoms with Crippen LogP contribution in [0.3, 0.4) is 0 Å². The Morgan fingerprint density at radius 2 is 1.88 bits per heavy atom. The Morgan fingerprint density at radius 1 is 1.21 bits per heavy atom. The van der Waals surface area contributed by atoms with Crippen LogP contribution in [-0.2, 0) is 16.0 Å². The zero-order valence-corrected chi connectivity index (χ0v) is 20.3. The molecule has 2 aromatic rings. The number of amides is 1. The molecule has 11 nitrogen and oxygen atoms in total. The van der Waals surface area contributed by atoms with Gasteiger partial charge in [-0.05, 0) is 39.0 Å². The van der Waals surface area contributed by atoms with Crippen LogP contribution in [0.2, 0.25) is 0 Å². The van der Waals surface area contributed by atoms with Gasteiger partial charge in [-0.15, -0.1) is 11.3 Å². The number of carboxylic acid groups (broad SMARTS) is 1. The third kappa shape index (κ3) is 5.92. The van der Waals surface area contributed by atoms with E-state index < -0.39 is 22.8 Å². The van der Waals surface area contributed by atoms with Gasteiger partial charge in [0.15, 0.2) is 10.9 Å². The largest absolute Gasteiger partial charge is 0.495 e. The molecule has 1 amide bonds. The first-order valence-corrected chi connectivity index (χ1v) is 12.0. The van der Waals surface area contributed by atoms with Crippen molar-refractivity contribution < 1.29 is 32.9 Å². The molecule has 2 N–H and O–H groups in total. The molecule has 33 heavy (non-hydrogen) atoms. The number of methoxy groups -OCH3 is 1. The average Bonchev–Trinajstić information content (AvgIpc) is 3.22. The van der Waals surface area contributed by atoms with E-state index in [0.29, 0.717) is 31.3 Å². The summed E-state index contributed by atoms with van der Waals surface area (Å²) >= 11 is -1.19. The number of nitrogens with zero attached hydrogens (tertiary/aromatic N) is 4. The molecule has 1 aromatic carbocycles. The molecular formula is C20H26N4O7S2. The van der Waals surface area contributed by atoms with Crippen molar-refractivity contribution in [2.45, 2.75) is 26.4 Å². The standard InChI is InChI=1S/C20H26N4O7S2/c1-20(2,3)31-19(27)23-9-7-22(8-10-23)18-21-16(12-32-18)24(33(28)29)14-6-5-13(17(25)26)11-15(14)30-4/h5-6,11-12H,7-10H2,1-4H3,(H,25,26)(H,28,29). The number of carbonyl (C=O) groups excluding carboxylic acids is 1. The highest BCUT2D eigenvalue weighted by atomic mass is 32.2. The molecule has 1 aliphatic rings. The van der Waals surface area contributed by atoms with Crippen molar-refractivity contribution in [1.29, 1.82) is 0 Å². The number of anilines is 3. The summed E-state index contributed by atoms with van der Waals surface area (Å²) in [5, 5.41) is 11.5. The second kappa shape index (κ2) is 9.93. The van der Waals surface area contributed by atoms with Crippen LogP contribution in [0, 0.1) is 0 Å². The molecule has 0 saturated carbocycles. The summed E-state index contributed by atoms with van der Waals surface area (Å²) in [6.45, 7) is 7.45. The Kier molecular flexibility index (Phi) is 7.44. The minimum atomic E-state index is -2.49. The maximum Gasteiger partial charge on any atom is 0.410 e. The number of aromatic carboxylic acids is 1. The summed E-state index contributed by atoms with van der Waals surface area (Å²) in [6.07, 6.45) is -0.360. The molecule has 0 radical (unpaired) electrons. The Labute approximate surface area is 197 Å². The second-order valence-corrected chi connectivity index (χ2v) is 9.82. The van der Waals surface area contributed by atoms with Gasteiger partial charge in [-0.2, -0.15) is 0 Å². The molecule has 1 unspecified atom stereocenters. The minimum Gasteiger partial charge on any atom is -0.495 e. The number of hydrogen-bond donors (Lipinski definition) is 2. The van der Waals surface area contributed by atoms with Gasteiger partial charge < -0.3 is 24.4 Å². The molecule has 1 aromatic heterocycles. The lowest BCUT2D eigenvalue weighted by molar-refractivity contribution is 0.0240. The van der Waals surface area contributed by atoms with Crippen molar-refractivity contribution in [1.82, 2.24) is 9.88 Å². The maximum atomic E-state index is 12.3. The summed E-state index contributed by atoms with van der Waals surface area (Å²) in [5.41, 5.74) is -0.373. The van der Waals surface area contributed by atoms with E-state index in [0.717, 1.165) is 4.31 Å². The fourth-order valence-electron chi connectivity index (χ4n) is 3.17. The molecule has 180 valence electrons. The smallest absolute Gasteiger partial charge is 0.410 e. The summed E-state index contributed by atoms with van der Waals surface area (Å²) in [5.74, 6) is -0.803. The van der Waals surface area contributed by atoms with Gasteiger partial charge in [-0.1, -0.05) is 0 Å². The molecule has 1 atom stereocenters. The van der Waals surface area contributed by atoms with Crippen LogP contribution in [0.1, 0.15) is 31.1 Å². The highest BCUT2D eigenvalue weighted by Crippen LogP contribution is 2.37. The average molecular weight is 499 g/mol. The fraction of sp³-hybridized carbons (Fsp3) is 0.450. The zero-order valence-electron chi connectivity index (χ0n) is 18.7. The molecular weight excluding hydrogens is 472 g/mol. The van der Waals surface area contributed by atoms with E-state index in [4.69, 9.17) is 9.47 Å². The van der Waals surface area contributed by atoms with Crippen molar-refractivity contribution in [2.24, 2.45) is 0 Å². The van der Waals surface area contributed by atoms with Crippen molar-refractivity contribution >= 4 is 51.3 Å². The van der Waals surface area contributed by atoms with Crippen molar-refractivity contribution in [2.75, 3.05) is 42.5 Å². The normalized spacial score (nSPS) is 15.2. The van der Waals surface area contributed by atoms with Gasteiger partial charge in [0.25, 0.3) is 11.3 Å². The summed E-state index contributed by atoms with van der Waals surface area (Å²) in [7, 11) is 1.35. The lowest BCUT2D eigenvalue weighted by Gasteiger charge is -2.35. The Bertz CT molecular complexity index is 1050. The monoisotopic (exact) mass is 498 g/mol. The van der Waals surface area contributed by atoms with Gasteiger partial charge in [-0.3, -0.25) is 4.55 Å². The second-order valence-electron chi connectivity index (χ2n) is 8.16. The Morgan fingerprint density at radius 3 is 2.42 bits per heavy atom. The van der Waals surface area contributed by atoms with E-state index in [9.17, 15) is 23.5 Å². The van der Waals surface area contributed by atoms with Crippen LogP contribution in [0.4, 0.5) is 21.4 Å². The van der Waals surface area contributed by atoms with Gasteiger partial charge in [0, 0.05) is 31.6 Å². The SMILES string of the molecule is COc1cc(C(=O)O)ccc1N(c1csc(N2CCN(C(=O)OC(C)(C)C)CC2)n1)S(=O)O. The highest BCUT2D eigenvalue weighted by molar-refractivity contribution is 7.81. The Hall–Kier alpha value is -2.90. The lowest BCUT2D eigenvalue weighted by Crippen LogP contribution is -2.50. The van der Waals surface area contributed by atoms with Gasteiger partial charge in [-0.25, -0.2) is 23.1 Å². The van der Waals surface area contributed by atoms with E-state index in [1.54, 1.807) is 10.3 Å². The van der Waals surface area contributed by atoms with Crippen LogP contribution in [0.5, 0.6) is 5.75 Å². The van der Waals surface area contributed by atoms with Crippen LogP contribution in [0.15, 0.2) is 23.6 Å². The number of piperazine rings is 1. The highest BCUT2D eigenvalue weighted by Gasteiger charge is 2.28. The number of thiazole rings is 1. The molecule has 0 spiro atoms. The molecule has 1 fully saturated rings. The molecule has 1 saturated heterocycles. The first kappa shape index (κ1) is 24.7. The van der Waals surface area contributed by atoms with E-state index >= 15 is 0 Å². The number of carboxylic acids is 1. The fourth-order valence-corrected chi connectivity index (χ4v) is 4.65. The van der Waals surface area contributed by atoms with Gasteiger partial charge in [0.1, 0.15) is 17.0 Å². The van der Waals surface area contributed by atoms with Crippen molar-refractivity contribution in [3.05, 3.63) is 29.1 Å². The molecule has 13 heteroatoms. The molecule has 1 aliphatic heterocycles. The van der Waals surface area contributed by atoms with Crippen LogP contribution in [0.25, 0.3) is 0 Å². The third-order valence-electron chi connectivity index (χ3n) is 4.69. The van der Waals surface area contributed by atoms with Crippen LogP contribution in [-0.4, -0.2) is 74.7 Å². The molecule has 0 aliphatic carbocycles. The lowest BCUT2D eigenvalue weighted by atomic mass is 10.2. The molecule has 0 bridgehead atoms. The minimum absolute atomic E-state index is 0.0129. The van der Waals surface area contributed by atoms with Crippen LogP contribution >= 0.6 is 11.3 Å². The maximum absolute atomic E-state index is 12.3. The number of ether oxygens (including phenoxy) is 2. The number of rotatable bonds is 6. The number of carbonyl (C=O) groups is 2. The summed E-state index contributed by atoms with van der Waals surface area (Å²) in [4.78, 5) is 31.6. The van der Waals surface area contributed by atoms with Crippen LogP contribution < -0.4 is 13.9 Å². The van der Waals surface area contributed by atoms with E-state index in [-0.39, 0.29) is 28.9 Å². The van der Waals surface area contributed by atoms with Crippen molar-refractivity contribution in [3.8, 4) is 5.75 Å². The van der Waals surface area contributed by atoms with Gasteiger partial charge in [0.05, 0.1) is 12.7 Å². The first-order chi connectivity index (χ1) is 15.5. The van der Waals surface area contributed by atoms with E-state index in [1.807, 2.05) is 25.7 Å².